The Bertz CT molecular complexity index is 202. The molecule has 3 nitrogen and oxygen atoms in total. The molecule has 2 fully saturated rings. The largest absolute Gasteiger partial charge is 0.466 e. The van der Waals surface area contributed by atoms with Crippen molar-refractivity contribution in [2.75, 3.05) is 13.7 Å². The highest BCUT2D eigenvalue weighted by atomic mass is 16.5. The van der Waals surface area contributed by atoms with E-state index in [0.717, 1.165) is 12.8 Å². The van der Waals surface area contributed by atoms with Gasteiger partial charge in [-0.2, -0.15) is 0 Å². The fourth-order valence-corrected chi connectivity index (χ4v) is 2.57. The Morgan fingerprint density at radius 3 is 2.46 bits per heavy atom. The molecule has 0 aromatic carbocycles. The second kappa shape index (κ2) is 3.29. The normalized spacial score (nSPS) is 41.4. The van der Waals surface area contributed by atoms with Crippen molar-refractivity contribution in [1.29, 1.82) is 0 Å². The van der Waals surface area contributed by atoms with Crippen LogP contribution in [0.3, 0.4) is 0 Å². The van der Waals surface area contributed by atoms with Gasteiger partial charge in [0.1, 0.15) is 0 Å². The minimum Gasteiger partial charge on any atom is -0.466 e. The average molecular weight is 184 g/mol. The molecule has 0 amide bonds. The van der Waals surface area contributed by atoms with E-state index in [4.69, 9.17) is 9.47 Å². The molecule has 2 aliphatic carbocycles. The first-order chi connectivity index (χ1) is 6.27. The van der Waals surface area contributed by atoms with Crippen LogP contribution in [0.4, 0.5) is 0 Å². The Hall–Kier alpha value is -0.570. The molecule has 0 saturated heterocycles. The second-order valence-corrected chi connectivity index (χ2v) is 3.93. The molecule has 0 aliphatic heterocycles. The third kappa shape index (κ3) is 1.46. The van der Waals surface area contributed by atoms with Gasteiger partial charge in [-0.1, -0.05) is 0 Å². The molecular formula is C10H16O3. The number of rotatable bonds is 3. The predicted molar refractivity (Wildman–Crippen MR) is 47.1 cm³/mol. The molecule has 2 unspecified atom stereocenters. The Morgan fingerprint density at radius 2 is 2.00 bits per heavy atom. The van der Waals surface area contributed by atoms with Crippen LogP contribution in [-0.4, -0.2) is 25.8 Å². The molecule has 74 valence electrons. The first-order valence-electron chi connectivity index (χ1n) is 4.97. The van der Waals surface area contributed by atoms with E-state index >= 15 is 0 Å². The van der Waals surface area contributed by atoms with E-state index in [1.165, 1.54) is 0 Å². The summed E-state index contributed by atoms with van der Waals surface area (Å²) < 4.78 is 10.2. The maximum Gasteiger partial charge on any atom is 0.309 e. The van der Waals surface area contributed by atoms with E-state index in [1.54, 1.807) is 7.11 Å². The molecule has 2 atom stereocenters. The van der Waals surface area contributed by atoms with Gasteiger partial charge in [0.2, 0.25) is 0 Å². The molecule has 0 N–H and O–H groups in total. The molecule has 3 heteroatoms. The molecule has 13 heavy (non-hydrogen) atoms. The predicted octanol–water partition coefficient (Wildman–Crippen LogP) is 1.22. The van der Waals surface area contributed by atoms with Gasteiger partial charge < -0.3 is 9.47 Å². The van der Waals surface area contributed by atoms with E-state index in [1.807, 2.05) is 6.92 Å². The molecule has 0 heterocycles. The van der Waals surface area contributed by atoms with Crippen molar-refractivity contribution < 1.29 is 14.3 Å². The fraction of sp³-hybridized carbons (Fsp3) is 0.900. The van der Waals surface area contributed by atoms with E-state index < -0.39 is 0 Å². The molecule has 2 aliphatic rings. The molecule has 2 rings (SSSR count). The monoisotopic (exact) mass is 184 g/mol. The van der Waals surface area contributed by atoms with Gasteiger partial charge in [0.05, 0.1) is 18.6 Å². The summed E-state index contributed by atoms with van der Waals surface area (Å²) in [7, 11) is 1.74. The average Bonchev–Trinajstić information content (AvgIpc) is 2.63. The Kier molecular flexibility index (Phi) is 2.28. The Balaban J connectivity index is 1.81. The van der Waals surface area contributed by atoms with Gasteiger partial charge in [-0.05, 0) is 31.6 Å². The zero-order valence-corrected chi connectivity index (χ0v) is 8.16. The molecule has 0 radical (unpaired) electrons. The summed E-state index contributed by atoms with van der Waals surface area (Å²) in [5, 5.41) is 0. The first-order valence-corrected chi connectivity index (χ1v) is 4.97. The van der Waals surface area contributed by atoms with Crippen molar-refractivity contribution in [2.45, 2.75) is 25.9 Å². The van der Waals surface area contributed by atoms with Gasteiger partial charge in [-0.3, -0.25) is 4.79 Å². The van der Waals surface area contributed by atoms with Crippen LogP contribution in [0.2, 0.25) is 0 Å². The van der Waals surface area contributed by atoms with E-state index in [-0.39, 0.29) is 11.9 Å². The van der Waals surface area contributed by atoms with Crippen LogP contribution in [0.25, 0.3) is 0 Å². The number of hydrogen-bond acceptors (Lipinski definition) is 3. The molecule has 0 aromatic heterocycles. The summed E-state index contributed by atoms with van der Waals surface area (Å²) in [6, 6.07) is 0. The van der Waals surface area contributed by atoms with E-state index in [2.05, 4.69) is 0 Å². The minimum atomic E-state index is 0.00653. The lowest BCUT2D eigenvalue weighted by molar-refractivity contribution is -0.145. The summed E-state index contributed by atoms with van der Waals surface area (Å²) >= 11 is 0. The smallest absolute Gasteiger partial charge is 0.309 e. The van der Waals surface area contributed by atoms with Crippen LogP contribution in [0.15, 0.2) is 0 Å². The maximum atomic E-state index is 11.4. The minimum absolute atomic E-state index is 0.00653. The highest BCUT2D eigenvalue weighted by Crippen LogP contribution is 2.58. The van der Waals surface area contributed by atoms with Gasteiger partial charge in [0, 0.05) is 7.11 Å². The molecular weight excluding hydrogens is 168 g/mol. The second-order valence-electron chi connectivity index (χ2n) is 3.93. The number of hydrogen-bond donors (Lipinski definition) is 0. The van der Waals surface area contributed by atoms with Crippen molar-refractivity contribution in [3.63, 3.8) is 0 Å². The quantitative estimate of drug-likeness (QED) is 0.619. The van der Waals surface area contributed by atoms with Crippen molar-refractivity contribution in [3.05, 3.63) is 0 Å². The number of ether oxygens (including phenoxy) is 2. The summed E-state index contributed by atoms with van der Waals surface area (Å²) in [5.41, 5.74) is 0. The number of fused-ring (bicyclic) bond motifs is 1. The van der Waals surface area contributed by atoms with Gasteiger partial charge in [0.15, 0.2) is 0 Å². The fourth-order valence-electron chi connectivity index (χ4n) is 2.57. The lowest BCUT2D eigenvalue weighted by atomic mass is 10.1. The third-order valence-corrected chi connectivity index (χ3v) is 3.29. The van der Waals surface area contributed by atoms with Gasteiger partial charge in [0.25, 0.3) is 0 Å². The van der Waals surface area contributed by atoms with Gasteiger partial charge in [-0.25, -0.2) is 0 Å². The van der Waals surface area contributed by atoms with Crippen LogP contribution in [0.5, 0.6) is 0 Å². The van der Waals surface area contributed by atoms with E-state index in [9.17, 15) is 4.79 Å². The molecule has 0 spiro atoms. The van der Waals surface area contributed by atoms with Crippen LogP contribution >= 0.6 is 0 Å². The van der Waals surface area contributed by atoms with Crippen LogP contribution in [0, 0.1) is 17.8 Å². The lowest BCUT2D eigenvalue weighted by Crippen LogP contribution is -2.15. The van der Waals surface area contributed by atoms with Crippen molar-refractivity contribution in [3.8, 4) is 0 Å². The van der Waals surface area contributed by atoms with Crippen LogP contribution in [-0.2, 0) is 14.3 Å². The summed E-state index contributed by atoms with van der Waals surface area (Å²) in [4.78, 5) is 11.4. The summed E-state index contributed by atoms with van der Waals surface area (Å²) in [6.45, 7) is 2.36. The Morgan fingerprint density at radius 1 is 1.38 bits per heavy atom. The van der Waals surface area contributed by atoms with Crippen molar-refractivity contribution in [1.82, 2.24) is 0 Å². The van der Waals surface area contributed by atoms with Crippen LogP contribution in [0.1, 0.15) is 19.8 Å². The first kappa shape index (κ1) is 9.00. The maximum absolute atomic E-state index is 11.4. The number of carbonyl (C=O) groups excluding carboxylic acids is 1. The third-order valence-electron chi connectivity index (χ3n) is 3.29. The zero-order chi connectivity index (χ0) is 9.42. The van der Waals surface area contributed by atoms with Crippen molar-refractivity contribution >= 4 is 5.97 Å². The molecule has 0 aromatic rings. The molecule has 2 saturated carbocycles. The van der Waals surface area contributed by atoms with Gasteiger partial charge >= 0.3 is 5.97 Å². The van der Waals surface area contributed by atoms with E-state index in [0.29, 0.717) is 24.5 Å². The SMILES string of the molecule is CCOC(=O)C1C2CC(OC)CC21. The van der Waals surface area contributed by atoms with Crippen LogP contribution < -0.4 is 0 Å². The van der Waals surface area contributed by atoms with Crippen molar-refractivity contribution in [2.24, 2.45) is 17.8 Å². The molecule has 0 bridgehead atoms. The standard InChI is InChI=1S/C10H16O3/c1-3-13-10(11)9-7-4-6(12-2)5-8(7)9/h6-9H,3-5H2,1-2H3. The highest BCUT2D eigenvalue weighted by molar-refractivity contribution is 5.76. The number of esters is 1. The number of methoxy groups -OCH3 is 1. The topological polar surface area (TPSA) is 35.5 Å². The highest BCUT2D eigenvalue weighted by Gasteiger charge is 2.60. The summed E-state index contributed by atoms with van der Waals surface area (Å²) in [6.07, 6.45) is 2.48. The number of carbonyl (C=O) groups is 1. The van der Waals surface area contributed by atoms with Gasteiger partial charge in [-0.15, -0.1) is 0 Å². The summed E-state index contributed by atoms with van der Waals surface area (Å²) in [5.74, 6) is 1.33. The Labute approximate surface area is 78.4 Å². The zero-order valence-electron chi connectivity index (χ0n) is 8.16. The lowest BCUT2D eigenvalue weighted by Gasteiger charge is -2.11.